The van der Waals surface area contributed by atoms with Crippen molar-refractivity contribution in [3.63, 3.8) is 0 Å². The van der Waals surface area contributed by atoms with Gasteiger partial charge in [0.05, 0.1) is 0 Å². The maximum Gasteiger partial charge on any atom is 0.251 e. The summed E-state index contributed by atoms with van der Waals surface area (Å²) < 4.78 is 0. The highest BCUT2D eigenvalue weighted by molar-refractivity contribution is 5.94. The Morgan fingerprint density at radius 1 is 1.00 bits per heavy atom. The van der Waals surface area contributed by atoms with Crippen LogP contribution in [-0.2, 0) is 5.41 Å². The molecule has 0 unspecified atom stereocenters. The monoisotopic (exact) mass is 261 g/mol. The molecular weight excluding hydrogens is 234 g/mol. The van der Waals surface area contributed by atoms with Crippen molar-refractivity contribution in [1.82, 2.24) is 5.32 Å². The molecule has 0 bridgehead atoms. The third-order valence-corrected chi connectivity index (χ3v) is 3.89. The minimum atomic E-state index is -0.195. The fourth-order valence-corrected chi connectivity index (χ4v) is 1.63. The molecule has 0 atom stereocenters. The van der Waals surface area contributed by atoms with Crippen molar-refractivity contribution in [2.45, 2.75) is 59.4 Å². The summed E-state index contributed by atoms with van der Waals surface area (Å²) in [7, 11) is 0. The molecule has 1 aromatic rings. The molecule has 19 heavy (non-hydrogen) atoms. The fraction of sp³-hybridized carbons (Fsp3) is 0.588. The molecule has 2 nitrogen and oxygen atoms in total. The van der Waals surface area contributed by atoms with E-state index >= 15 is 0 Å². The highest BCUT2D eigenvalue weighted by atomic mass is 16.1. The zero-order valence-corrected chi connectivity index (χ0v) is 13.3. The Kier molecular flexibility index (Phi) is 4.44. The SMILES string of the molecule is CC(C)C(C)(C)NC(=O)c1ccc(C(C)(C)C)cc1. The molecule has 1 rings (SSSR count). The smallest absolute Gasteiger partial charge is 0.251 e. The molecular formula is C17H27NO. The highest BCUT2D eigenvalue weighted by Crippen LogP contribution is 2.22. The van der Waals surface area contributed by atoms with Crippen LogP contribution in [0.2, 0.25) is 0 Å². The van der Waals surface area contributed by atoms with Gasteiger partial charge in [0.2, 0.25) is 0 Å². The van der Waals surface area contributed by atoms with E-state index in [1.54, 1.807) is 0 Å². The summed E-state index contributed by atoms with van der Waals surface area (Å²) in [5, 5.41) is 3.09. The first kappa shape index (κ1) is 15.7. The van der Waals surface area contributed by atoms with Gasteiger partial charge in [-0.15, -0.1) is 0 Å². The Labute approximate surface area is 117 Å². The van der Waals surface area contributed by atoms with Crippen LogP contribution in [0.15, 0.2) is 24.3 Å². The summed E-state index contributed by atoms with van der Waals surface area (Å²) in [6.45, 7) is 14.8. The second-order valence-corrected chi connectivity index (χ2v) is 7.16. The zero-order chi connectivity index (χ0) is 14.8. The van der Waals surface area contributed by atoms with Gasteiger partial charge in [0, 0.05) is 11.1 Å². The van der Waals surface area contributed by atoms with Crippen molar-refractivity contribution in [3.05, 3.63) is 35.4 Å². The molecule has 0 radical (unpaired) electrons. The maximum absolute atomic E-state index is 12.2. The molecule has 0 aliphatic rings. The Morgan fingerprint density at radius 3 is 1.84 bits per heavy atom. The summed E-state index contributed by atoms with van der Waals surface area (Å²) in [5.74, 6) is 0.393. The molecule has 0 heterocycles. The van der Waals surface area contributed by atoms with Gasteiger partial charge in [0.15, 0.2) is 0 Å². The van der Waals surface area contributed by atoms with Crippen molar-refractivity contribution >= 4 is 5.91 Å². The van der Waals surface area contributed by atoms with Crippen molar-refractivity contribution in [1.29, 1.82) is 0 Å². The van der Waals surface area contributed by atoms with Gasteiger partial charge in [-0.2, -0.15) is 0 Å². The normalized spacial score (nSPS) is 12.6. The van der Waals surface area contributed by atoms with E-state index in [2.05, 4.69) is 53.8 Å². The topological polar surface area (TPSA) is 29.1 Å². The van der Waals surface area contributed by atoms with E-state index in [1.165, 1.54) is 5.56 Å². The number of benzene rings is 1. The van der Waals surface area contributed by atoms with Crippen LogP contribution in [-0.4, -0.2) is 11.4 Å². The molecule has 0 saturated carbocycles. The second kappa shape index (κ2) is 5.36. The van der Waals surface area contributed by atoms with Crippen LogP contribution in [0.25, 0.3) is 0 Å². The van der Waals surface area contributed by atoms with Gasteiger partial charge in [-0.3, -0.25) is 4.79 Å². The van der Waals surface area contributed by atoms with Crippen molar-refractivity contribution in [2.75, 3.05) is 0 Å². The molecule has 106 valence electrons. The first-order valence-corrected chi connectivity index (χ1v) is 6.97. The lowest BCUT2D eigenvalue weighted by Gasteiger charge is -2.30. The van der Waals surface area contributed by atoms with Crippen LogP contribution in [0.4, 0.5) is 0 Å². The number of carbonyl (C=O) groups excluding carboxylic acids is 1. The predicted molar refractivity (Wildman–Crippen MR) is 81.5 cm³/mol. The number of hydrogen-bond donors (Lipinski definition) is 1. The van der Waals surface area contributed by atoms with E-state index in [-0.39, 0.29) is 16.9 Å². The number of rotatable bonds is 3. The van der Waals surface area contributed by atoms with E-state index in [0.29, 0.717) is 5.92 Å². The van der Waals surface area contributed by atoms with Crippen LogP contribution >= 0.6 is 0 Å². The van der Waals surface area contributed by atoms with E-state index < -0.39 is 0 Å². The van der Waals surface area contributed by atoms with Gasteiger partial charge >= 0.3 is 0 Å². The van der Waals surface area contributed by atoms with E-state index in [0.717, 1.165) is 5.56 Å². The lowest BCUT2D eigenvalue weighted by molar-refractivity contribution is 0.0890. The minimum Gasteiger partial charge on any atom is -0.347 e. The summed E-state index contributed by atoms with van der Waals surface area (Å²) in [5.41, 5.74) is 1.89. The summed E-state index contributed by atoms with van der Waals surface area (Å²) in [4.78, 5) is 12.2. The number of carbonyl (C=O) groups is 1. The predicted octanol–water partition coefficient (Wildman–Crippen LogP) is 4.15. The van der Waals surface area contributed by atoms with Crippen molar-refractivity contribution in [3.8, 4) is 0 Å². The van der Waals surface area contributed by atoms with Crippen molar-refractivity contribution < 1.29 is 4.79 Å². The van der Waals surface area contributed by atoms with Gasteiger partial charge in [-0.1, -0.05) is 46.8 Å². The molecule has 1 aromatic carbocycles. The first-order chi connectivity index (χ1) is 8.54. The van der Waals surface area contributed by atoms with Gasteiger partial charge in [0.1, 0.15) is 0 Å². The third-order valence-electron chi connectivity index (χ3n) is 3.89. The van der Waals surface area contributed by atoms with Crippen molar-refractivity contribution in [2.24, 2.45) is 5.92 Å². The number of nitrogens with one attached hydrogen (secondary N) is 1. The molecule has 2 heteroatoms. The number of hydrogen-bond acceptors (Lipinski definition) is 1. The van der Waals surface area contributed by atoms with E-state index in [1.807, 2.05) is 24.3 Å². The molecule has 0 spiro atoms. The van der Waals surface area contributed by atoms with Crippen LogP contribution in [0.1, 0.15) is 64.4 Å². The van der Waals surface area contributed by atoms with Crippen LogP contribution in [0.5, 0.6) is 0 Å². The molecule has 0 aliphatic heterocycles. The first-order valence-electron chi connectivity index (χ1n) is 6.97. The van der Waals surface area contributed by atoms with E-state index in [4.69, 9.17) is 0 Å². The standard InChI is InChI=1S/C17H27NO/c1-12(2)17(6,7)18-15(19)13-8-10-14(11-9-13)16(3,4)5/h8-12H,1-7H3,(H,18,19). The van der Waals surface area contributed by atoms with Crippen LogP contribution < -0.4 is 5.32 Å². The molecule has 0 fully saturated rings. The minimum absolute atomic E-state index is 0.000779. The second-order valence-electron chi connectivity index (χ2n) is 7.16. The fourth-order valence-electron chi connectivity index (χ4n) is 1.63. The lowest BCUT2D eigenvalue weighted by atomic mass is 9.86. The summed E-state index contributed by atoms with van der Waals surface area (Å²) in [6.07, 6.45) is 0. The van der Waals surface area contributed by atoms with Gasteiger partial charge < -0.3 is 5.32 Å². The molecule has 1 N–H and O–H groups in total. The average Bonchev–Trinajstić information content (AvgIpc) is 2.27. The average molecular weight is 261 g/mol. The largest absolute Gasteiger partial charge is 0.347 e. The Hall–Kier alpha value is -1.31. The molecule has 0 aliphatic carbocycles. The van der Waals surface area contributed by atoms with Gasteiger partial charge in [-0.25, -0.2) is 0 Å². The molecule has 1 amide bonds. The summed E-state index contributed by atoms with van der Waals surface area (Å²) >= 11 is 0. The Bertz CT molecular complexity index is 435. The number of amides is 1. The van der Waals surface area contributed by atoms with Gasteiger partial charge in [0.25, 0.3) is 5.91 Å². The van der Waals surface area contributed by atoms with Crippen LogP contribution in [0.3, 0.4) is 0 Å². The Balaban J connectivity index is 2.85. The lowest BCUT2D eigenvalue weighted by Crippen LogP contribution is -2.47. The third kappa shape index (κ3) is 4.09. The van der Waals surface area contributed by atoms with E-state index in [9.17, 15) is 4.79 Å². The Morgan fingerprint density at radius 2 is 1.47 bits per heavy atom. The van der Waals surface area contributed by atoms with Crippen LogP contribution in [0, 0.1) is 5.92 Å². The quantitative estimate of drug-likeness (QED) is 0.870. The molecule has 0 saturated heterocycles. The summed E-state index contributed by atoms with van der Waals surface area (Å²) in [6, 6.07) is 7.90. The zero-order valence-electron chi connectivity index (χ0n) is 13.3. The maximum atomic E-state index is 12.2. The van der Waals surface area contributed by atoms with Gasteiger partial charge in [-0.05, 0) is 42.9 Å². The molecule has 0 aromatic heterocycles. The highest BCUT2D eigenvalue weighted by Gasteiger charge is 2.25.